The number of aromatic amines is 1. The van der Waals surface area contributed by atoms with Crippen LogP contribution in [0, 0.1) is 5.82 Å². The number of aliphatic hydroxyl groups is 1. The molecule has 9 heteroatoms. The lowest BCUT2D eigenvalue weighted by molar-refractivity contribution is 0.0520. The van der Waals surface area contributed by atoms with Gasteiger partial charge in [-0.2, -0.15) is 5.10 Å². The first kappa shape index (κ1) is 23.5. The molecule has 3 N–H and O–H groups in total. The van der Waals surface area contributed by atoms with Gasteiger partial charge >= 0.3 is 6.09 Å². The Kier molecular flexibility index (Phi) is 8.46. The molecule has 1 amide bonds. The van der Waals surface area contributed by atoms with Crippen LogP contribution in [-0.2, 0) is 17.7 Å². The van der Waals surface area contributed by atoms with Crippen molar-refractivity contribution in [1.82, 2.24) is 15.5 Å². The zero-order valence-electron chi connectivity index (χ0n) is 18.0. The Bertz CT molecular complexity index is 820. The van der Waals surface area contributed by atoms with E-state index in [4.69, 9.17) is 9.47 Å². The van der Waals surface area contributed by atoms with E-state index < -0.39 is 11.7 Å². The number of aromatic nitrogens is 2. The third kappa shape index (κ3) is 7.55. The number of alkyl carbamates (subject to hydrolysis) is 1. The zero-order valence-corrected chi connectivity index (χ0v) is 18.0. The molecule has 0 aliphatic rings. The molecule has 30 heavy (non-hydrogen) atoms. The fourth-order valence-corrected chi connectivity index (χ4v) is 2.73. The number of halogens is 1. The van der Waals surface area contributed by atoms with E-state index in [0.717, 1.165) is 12.1 Å². The first-order valence-electron chi connectivity index (χ1n) is 10.00. The topological polar surface area (TPSA) is 99.7 Å². The monoisotopic (exact) mass is 422 g/mol. The molecule has 0 atom stereocenters. The maximum absolute atomic E-state index is 13.9. The number of anilines is 1. The summed E-state index contributed by atoms with van der Waals surface area (Å²) >= 11 is 0. The number of benzene rings is 1. The van der Waals surface area contributed by atoms with Crippen molar-refractivity contribution in [2.75, 3.05) is 31.2 Å². The van der Waals surface area contributed by atoms with Crippen LogP contribution in [0.2, 0.25) is 0 Å². The van der Waals surface area contributed by atoms with Crippen molar-refractivity contribution in [2.45, 2.75) is 46.3 Å². The summed E-state index contributed by atoms with van der Waals surface area (Å²) in [5, 5.41) is 19.3. The van der Waals surface area contributed by atoms with Gasteiger partial charge in [-0.1, -0.05) is 6.92 Å². The van der Waals surface area contributed by atoms with Gasteiger partial charge < -0.3 is 24.8 Å². The highest BCUT2D eigenvalue weighted by atomic mass is 19.1. The second-order valence-electron chi connectivity index (χ2n) is 7.78. The number of carbonyl (C=O) groups excluding carboxylic acids is 1. The Hall–Kier alpha value is -2.81. The standard InChI is InChI=1S/C21H31FN4O4/c1-5-17-13-19(25-24-17)26(9-10-27)14-15-12-16(22)6-7-18(15)29-11-8-23-20(28)30-21(2,3)4/h6-7,12-13,27H,5,8-11,14H2,1-4H3,(H,23,28)(H,24,25). The summed E-state index contributed by atoms with van der Waals surface area (Å²) in [5.74, 6) is 0.781. The molecule has 0 aliphatic carbocycles. The van der Waals surface area contributed by atoms with Crippen LogP contribution in [0.25, 0.3) is 0 Å². The van der Waals surface area contributed by atoms with Gasteiger partial charge in [0.15, 0.2) is 5.82 Å². The molecule has 1 aromatic heterocycles. The second-order valence-corrected chi connectivity index (χ2v) is 7.78. The van der Waals surface area contributed by atoms with Crippen LogP contribution in [0.3, 0.4) is 0 Å². The SMILES string of the molecule is CCc1cc(N(CCO)Cc2cc(F)ccc2OCCNC(=O)OC(C)(C)C)n[nH]1. The van der Waals surface area contributed by atoms with E-state index in [9.17, 15) is 14.3 Å². The number of ether oxygens (including phenoxy) is 2. The number of nitrogens with one attached hydrogen (secondary N) is 2. The van der Waals surface area contributed by atoms with Crippen molar-refractivity contribution in [3.05, 3.63) is 41.3 Å². The highest BCUT2D eigenvalue weighted by molar-refractivity contribution is 5.67. The van der Waals surface area contributed by atoms with Crippen LogP contribution in [-0.4, -0.2) is 53.3 Å². The molecule has 0 fully saturated rings. The molecule has 166 valence electrons. The van der Waals surface area contributed by atoms with Crippen LogP contribution in [0.15, 0.2) is 24.3 Å². The van der Waals surface area contributed by atoms with Crippen LogP contribution in [0.5, 0.6) is 5.75 Å². The van der Waals surface area contributed by atoms with Crippen molar-refractivity contribution in [1.29, 1.82) is 0 Å². The average Bonchev–Trinajstić information content (AvgIpc) is 3.14. The molecular weight excluding hydrogens is 391 g/mol. The lowest BCUT2D eigenvalue weighted by Crippen LogP contribution is -2.34. The van der Waals surface area contributed by atoms with Crippen molar-refractivity contribution >= 4 is 11.9 Å². The van der Waals surface area contributed by atoms with Crippen LogP contribution in [0.4, 0.5) is 15.0 Å². The first-order valence-corrected chi connectivity index (χ1v) is 10.00. The Morgan fingerprint density at radius 1 is 1.33 bits per heavy atom. The summed E-state index contributed by atoms with van der Waals surface area (Å²) in [6, 6.07) is 6.17. The number of amides is 1. The number of rotatable bonds is 10. The van der Waals surface area contributed by atoms with Gasteiger partial charge in [0, 0.05) is 30.4 Å². The number of H-pyrrole nitrogens is 1. The molecule has 0 saturated carbocycles. The van der Waals surface area contributed by atoms with Gasteiger partial charge in [-0.05, 0) is 45.4 Å². The van der Waals surface area contributed by atoms with Crippen LogP contribution >= 0.6 is 0 Å². The third-order valence-electron chi connectivity index (χ3n) is 4.10. The number of carbonyl (C=O) groups is 1. The molecule has 0 unspecified atom stereocenters. The molecule has 2 rings (SSSR count). The van der Waals surface area contributed by atoms with E-state index in [2.05, 4.69) is 15.5 Å². The van der Waals surface area contributed by atoms with Gasteiger partial charge in [-0.15, -0.1) is 0 Å². The van der Waals surface area contributed by atoms with Gasteiger partial charge in [0.05, 0.1) is 13.2 Å². The van der Waals surface area contributed by atoms with Crippen molar-refractivity contribution in [3.63, 3.8) is 0 Å². The fraction of sp³-hybridized carbons (Fsp3) is 0.524. The quantitative estimate of drug-likeness (QED) is 0.509. The maximum Gasteiger partial charge on any atom is 0.407 e. The van der Waals surface area contributed by atoms with E-state index in [-0.39, 0.29) is 25.6 Å². The van der Waals surface area contributed by atoms with Crippen molar-refractivity contribution in [2.24, 2.45) is 0 Å². The Morgan fingerprint density at radius 3 is 2.73 bits per heavy atom. The van der Waals surface area contributed by atoms with E-state index in [1.807, 2.05) is 17.9 Å². The molecule has 2 aromatic rings. The van der Waals surface area contributed by atoms with Gasteiger partial charge in [0.2, 0.25) is 0 Å². The van der Waals surface area contributed by atoms with Crippen molar-refractivity contribution in [3.8, 4) is 5.75 Å². The fourth-order valence-electron chi connectivity index (χ4n) is 2.73. The molecule has 0 radical (unpaired) electrons. The Labute approximate surface area is 176 Å². The maximum atomic E-state index is 13.9. The largest absolute Gasteiger partial charge is 0.491 e. The summed E-state index contributed by atoms with van der Waals surface area (Å²) < 4.78 is 24.8. The first-order chi connectivity index (χ1) is 14.2. The summed E-state index contributed by atoms with van der Waals surface area (Å²) in [5.41, 5.74) is 1.01. The number of aliphatic hydroxyl groups excluding tert-OH is 1. The number of hydrogen-bond donors (Lipinski definition) is 3. The predicted molar refractivity (Wildman–Crippen MR) is 112 cm³/mol. The van der Waals surface area contributed by atoms with Gasteiger partial charge in [-0.25, -0.2) is 9.18 Å². The van der Waals surface area contributed by atoms with Gasteiger partial charge in [0.1, 0.15) is 23.8 Å². The molecule has 8 nitrogen and oxygen atoms in total. The lowest BCUT2D eigenvalue weighted by Gasteiger charge is -2.23. The summed E-state index contributed by atoms with van der Waals surface area (Å²) in [6.45, 7) is 8.38. The molecular formula is C21H31FN4O4. The van der Waals surface area contributed by atoms with E-state index in [1.165, 1.54) is 12.1 Å². The molecule has 1 aromatic carbocycles. The van der Waals surface area contributed by atoms with Gasteiger partial charge in [-0.3, -0.25) is 5.10 Å². The highest BCUT2D eigenvalue weighted by Gasteiger charge is 2.17. The smallest absolute Gasteiger partial charge is 0.407 e. The van der Waals surface area contributed by atoms with E-state index in [0.29, 0.717) is 30.2 Å². The van der Waals surface area contributed by atoms with E-state index >= 15 is 0 Å². The molecule has 0 bridgehead atoms. The van der Waals surface area contributed by atoms with Crippen LogP contribution < -0.4 is 15.0 Å². The van der Waals surface area contributed by atoms with Gasteiger partial charge in [0.25, 0.3) is 0 Å². The number of aryl methyl sites for hydroxylation is 1. The minimum Gasteiger partial charge on any atom is -0.491 e. The molecule has 0 saturated heterocycles. The number of hydrogen-bond acceptors (Lipinski definition) is 6. The van der Waals surface area contributed by atoms with Crippen LogP contribution in [0.1, 0.15) is 39.0 Å². The Morgan fingerprint density at radius 2 is 2.10 bits per heavy atom. The molecule has 0 spiro atoms. The predicted octanol–water partition coefficient (Wildman–Crippen LogP) is 3.01. The zero-order chi connectivity index (χ0) is 22.1. The third-order valence-corrected chi connectivity index (χ3v) is 4.10. The molecule has 0 aliphatic heterocycles. The van der Waals surface area contributed by atoms with E-state index in [1.54, 1.807) is 26.8 Å². The highest BCUT2D eigenvalue weighted by Crippen LogP contribution is 2.24. The average molecular weight is 423 g/mol. The second kappa shape index (κ2) is 10.8. The summed E-state index contributed by atoms with van der Waals surface area (Å²) in [6.07, 6.45) is 0.281. The molecule has 1 heterocycles. The minimum atomic E-state index is -0.574. The normalized spacial score (nSPS) is 11.3. The summed E-state index contributed by atoms with van der Waals surface area (Å²) in [7, 11) is 0. The number of nitrogens with zero attached hydrogens (tertiary/aromatic N) is 2. The minimum absolute atomic E-state index is 0.0698. The van der Waals surface area contributed by atoms with Crippen molar-refractivity contribution < 1.29 is 23.8 Å². The summed E-state index contributed by atoms with van der Waals surface area (Å²) in [4.78, 5) is 13.5. The lowest BCUT2D eigenvalue weighted by atomic mass is 10.1. The Balaban J connectivity index is 2.02.